The second kappa shape index (κ2) is 12.5. The van der Waals surface area contributed by atoms with E-state index in [9.17, 15) is 4.79 Å². The molecule has 2 N–H and O–H groups in total. The molecule has 0 aliphatic carbocycles. The number of nitrogens with one attached hydrogen (secondary N) is 1. The fraction of sp³-hybridized carbons (Fsp3) is 0.176. The number of anilines is 1. The van der Waals surface area contributed by atoms with Gasteiger partial charge >= 0.3 is 0 Å². The maximum Gasteiger partial charge on any atom is 0.257 e. The SMILES string of the molecule is C=CC[C@@]1(C(=O)Nc2ccccc2)N=C(c2ccc(OCCCO)cc2)O[C@@H]1c1ccc(-c2ccccc2)cc1. The van der Waals surface area contributed by atoms with Crippen LogP contribution in [0.2, 0.25) is 0 Å². The van der Waals surface area contributed by atoms with Crippen LogP contribution < -0.4 is 10.1 Å². The predicted molar refractivity (Wildman–Crippen MR) is 158 cm³/mol. The number of hydrogen-bond acceptors (Lipinski definition) is 5. The molecule has 0 saturated heterocycles. The highest BCUT2D eigenvalue weighted by Crippen LogP contribution is 2.43. The molecule has 2 atom stereocenters. The molecule has 6 heteroatoms. The number of benzene rings is 4. The van der Waals surface area contributed by atoms with Gasteiger partial charge in [0.15, 0.2) is 11.6 Å². The van der Waals surface area contributed by atoms with Crippen molar-refractivity contribution < 1.29 is 19.4 Å². The molecule has 0 aromatic heterocycles. The van der Waals surface area contributed by atoms with Crippen molar-refractivity contribution in [1.29, 1.82) is 0 Å². The van der Waals surface area contributed by atoms with Gasteiger partial charge in [0, 0.05) is 30.7 Å². The van der Waals surface area contributed by atoms with E-state index in [4.69, 9.17) is 19.6 Å². The second-order valence-electron chi connectivity index (χ2n) is 9.59. The topological polar surface area (TPSA) is 80.2 Å². The van der Waals surface area contributed by atoms with Crippen LogP contribution in [-0.4, -0.2) is 35.7 Å². The lowest BCUT2D eigenvalue weighted by atomic mass is 9.84. The predicted octanol–water partition coefficient (Wildman–Crippen LogP) is 6.59. The van der Waals surface area contributed by atoms with Crippen molar-refractivity contribution in [2.24, 2.45) is 4.99 Å². The van der Waals surface area contributed by atoms with Crippen LogP contribution in [0.25, 0.3) is 11.1 Å². The van der Waals surface area contributed by atoms with E-state index in [1.165, 1.54) is 0 Å². The third kappa shape index (κ3) is 5.82. The lowest BCUT2D eigenvalue weighted by Gasteiger charge is -2.29. The van der Waals surface area contributed by atoms with E-state index in [-0.39, 0.29) is 18.9 Å². The Labute approximate surface area is 234 Å². The Balaban J connectivity index is 1.50. The van der Waals surface area contributed by atoms with Crippen LogP contribution in [0.3, 0.4) is 0 Å². The van der Waals surface area contributed by atoms with Crippen molar-refractivity contribution in [2.75, 3.05) is 18.5 Å². The third-order valence-corrected chi connectivity index (χ3v) is 6.84. The van der Waals surface area contributed by atoms with Gasteiger partial charge in [-0.25, -0.2) is 4.99 Å². The van der Waals surface area contributed by atoms with E-state index in [0.717, 1.165) is 22.3 Å². The van der Waals surface area contributed by atoms with Gasteiger partial charge in [0.05, 0.1) is 6.61 Å². The van der Waals surface area contributed by atoms with Crippen molar-refractivity contribution in [3.8, 4) is 16.9 Å². The standard InChI is InChI=1S/C34H32N2O4/c1-2-22-34(33(38)35-29-12-7-4-8-13-29)31(27-16-14-26(15-17-27)25-10-5-3-6-11-25)40-32(36-34)28-18-20-30(21-19-28)39-24-9-23-37/h2-8,10-21,31,37H,1,9,22-24H2,(H,35,38)/t31-,34-/m1/s1. The maximum atomic E-state index is 14.0. The van der Waals surface area contributed by atoms with Gasteiger partial charge in [0.2, 0.25) is 5.90 Å². The third-order valence-electron chi connectivity index (χ3n) is 6.84. The molecular weight excluding hydrogens is 500 g/mol. The second-order valence-corrected chi connectivity index (χ2v) is 9.59. The summed E-state index contributed by atoms with van der Waals surface area (Å²) in [5.41, 5.74) is 3.17. The first-order valence-corrected chi connectivity index (χ1v) is 13.4. The summed E-state index contributed by atoms with van der Waals surface area (Å²) >= 11 is 0. The highest BCUT2D eigenvalue weighted by molar-refractivity contribution is 6.05. The molecule has 1 amide bonds. The maximum absolute atomic E-state index is 14.0. The summed E-state index contributed by atoms with van der Waals surface area (Å²) in [5, 5.41) is 12.0. The minimum Gasteiger partial charge on any atom is -0.494 e. The average molecular weight is 533 g/mol. The highest BCUT2D eigenvalue weighted by atomic mass is 16.5. The lowest BCUT2D eigenvalue weighted by molar-refractivity contribution is -0.123. The van der Waals surface area contributed by atoms with Crippen LogP contribution in [0.15, 0.2) is 127 Å². The molecule has 0 unspecified atom stereocenters. The quantitative estimate of drug-likeness (QED) is 0.169. The zero-order valence-electron chi connectivity index (χ0n) is 22.2. The minimum atomic E-state index is -1.27. The minimum absolute atomic E-state index is 0.0763. The van der Waals surface area contributed by atoms with Crippen LogP contribution in [0.5, 0.6) is 5.75 Å². The normalized spacial score (nSPS) is 17.9. The Morgan fingerprint density at radius 1 is 0.900 bits per heavy atom. The van der Waals surface area contributed by atoms with Gasteiger partial charge in [-0.05, 0) is 53.1 Å². The fourth-order valence-electron chi connectivity index (χ4n) is 4.78. The zero-order chi connectivity index (χ0) is 27.8. The van der Waals surface area contributed by atoms with Crippen LogP contribution in [-0.2, 0) is 9.53 Å². The number of carbonyl (C=O) groups excluding carboxylic acids is 1. The number of aliphatic imine (C=N–C) groups is 1. The summed E-state index contributed by atoms with van der Waals surface area (Å²) in [6, 6.07) is 34.9. The lowest BCUT2D eigenvalue weighted by Crippen LogP contribution is -2.44. The summed E-state index contributed by atoms with van der Waals surface area (Å²) in [7, 11) is 0. The monoisotopic (exact) mass is 532 g/mol. The number of rotatable bonds is 11. The van der Waals surface area contributed by atoms with Gasteiger partial charge in [-0.3, -0.25) is 4.79 Å². The summed E-state index contributed by atoms with van der Waals surface area (Å²) in [4.78, 5) is 18.9. The van der Waals surface area contributed by atoms with Crippen molar-refractivity contribution in [3.63, 3.8) is 0 Å². The molecule has 4 aromatic carbocycles. The Bertz CT molecular complexity index is 1450. The van der Waals surface area contributed by atoms with Crippen LogP contribution in [0.1, 0.15) is 30.1 Å². The van der Waals surface area contributed by atoms with Gasteiger partial charge < -0.3 is 19.9 Å². The van der Waals surface area contributed by atoms with Gasteiger partial charge in [0.1, 0.15) is 5.75 Å². The van der Waals surface area contributed by atoms with E-state index in [1.54, 1.807) is 6.08 Å². The van der Waals surface area contributed by atoms with Crippen molar-refractivity contribution in [3.05, 3.63) is 133 Å². The summed E-state index contributed by atoms with van der Waals surface area (Å²) < 4.78 is 12.2. The van der Waals surface area contributed by atoms with Crippen molar-refractivity contribution >= 4 is 17.5 Å². The number of carbonyl (C=O) groups is 1. The molecule has 0 saturated carbocycles. The number of nitrogens with zero attached hydrogens (tertiary/aromatic N) is 1. The van der Waals surface area contributed by atoms with E-state index in [2.05, 4.69) is 24.0 Å². The zero-order valence-corrected chi connectivity index (χ0v) is 22.2. The number of hydrogen-bond donors (Lipinski definition) is 2. The molecule has 6 nitrogen and oxygen atoms in total. The Hall–Kier alpha value is -4.68. The number of amides is 1. The average Bonchev–Trinajstić information content (AvgIpc) is 3.39. The van der Waals surface area contributed by atoms with E-state index in [0.29, 0.717) is 30.4 Å². The smallest absolute Gasteiger partial charge is 0.257 e. The van der Waals surface area contributed by atoms with E-state index < -0.39 is 11.6 Å². The first-order chi connectivity index (χ1) is 19.6. The molecule has 0 bridgehead atoms. The largest absolute Gasteiger partial charge is 0.494 e. The molecule has 202 valence electrons. The Morgan fingerprint density at radius 3 is 2.17 bits per heavy atom. The molecular formula is C34H32N2O4. The van der Waals surface area contributed by atoms with Gasteiger partial charge in [-0.1, -0.05) is 78.9 Å². The van der Waals surface area contributed by atoms with Crippen LogP contribution in [0.4, 0.5) is 5.69 Å². The fourth-order valence-corrected chi connectivity index (χ4v) is 4.78. The van der Waals surface area contributed by atoms with E-state index in [1.807, 2.05) is 97.1 Å². The van der Waals surface area contributed by atoms with Crippen molar-refractivity contribution in [2.45, 2.75) is 24.5 Å². The molecule has 5 rings (SSSR count). The highest BCUT2D eigenvalue weighted by Gasteiger charge is 2.52. The van der Waals surface area contributed by atoms with Crippen LogP contribution >= 0.6 is 0 Å². The summed E-state index contributed by atoms with van der Waals surface area (Å²) in [6.07, 6.45) is 1.88. The summed E-state index contributed by atoms with van der Waals surface area (Å²) in [6.45, 7) is 4.45. The van der Waals surface area contributed by atoms with Gasteiger partial charge in [-0.2, -0.15) is 0 Å². The molecule has 1 aliphatic heterocycles. The summed E-state index contributed by atoms with van der Waals surface area (Å²) in [5.74, 6) is 0.793. The number of ether oxygens (including phenoxy) is 2. The number of aliphatic hydroxyl groups is 1. The van der Waals surface area contributed by atoms with Gasteiger partial charge in [0.25, 0.3) is 5.91 Å². The number of aliphatic hydroxyl groups excluding tert-OH is 1. The first-order valence-electron chi connectivity index (χ1n) is 13.4. The van der Waals surface area contributed by atoms with Gasteiger partial charge in [-0.15, -0.1) is 6.58 Å². The molecule has 40 heavy (non-hydrogen) atoms. The first kappa shape index (κ1) is 26.9. The molecule has 1 heterocycles. The molecule has 0 fully saturated rings. The van der Waals surface area contributed by atoms with Crippen LogP contribution in [0, 0.1) is 0 Å². The molecule has 0 spiro atoms. The Kier molecular flexibility index (Phi) is 8.38. The van der Waals surface area contributed by atoms with Crippen molar-refractivity contribution in [1.82, 2.24) is 0 Å². The molecule has 4 aromatic rings. The Morgan fingerprint density at radius 2 is 1.52 bits per heavy atom. The molecule has 1 aliphatic rings. The number of para-hydroxylation sites is 1. The van der Waals surface area contributed by atoms with E-state index >= 15 is 0 Å². The molecule has 0 radical (unpaired) electrons.